The Balaban J connectivity index is 0.000000143. The van der Waals surface area contributed by atoms with Crippen LogP contribution in [0.15, 0.2) is 111 Å². The summed E-state index contributed by atoms with van der Waals surface area (Å²) in [5.74, 6) is -4.34. The number of hydrogen-bond donors (Lipinski definition) is 8. The molecule has 0 aromatic carbocycles. The number of rotatable bonds is 17. The van der Waals surface area contributed by atoms with Gasteiger partial charge in [0.15, 0.2) is 46.6 Å². The molecule has 0 radical (unpaired) electrons. The van der Waals surface area contributed by atoms with Gasteiger partial charge in [0.2, 0.25) is 23.6 Å². The van der Waals surface area contributed by atoms with Crippen LogP contribution in [0.5, 0.6) is 0 Å². The second-order valence-corrected chi connectivity index (χ2v) is 29.7. The smallest absolute Gasteiger partial charge is 0.349 e. The van der Waals surface area contributed by atoms with Crippen LogP contribution in [0, 0.1) is 57.0 Å². The Labute approximate surface area is 715 Å². The Bertz CT molecular complexity index is 6040. The maximum absolute atomic E-state index is 14.7. The van der Waals surface area contributed by atoms with Crippen molar-refractivity contribution in [1.82, 2.24) is 101 Å². The SMILES string of the molecule is N#C[C@@H]1CC[C@H](C(=O)NCC(F)(F)F)N1c1ccnc(-c2c[nH]c3ncc(Cl)cc23)n1.N#C[C@@H]1CC[C@H](C(=O)NCC(F)(F)F)N1c1nc(-c2c[nH]c3ncc(Cl)cc23)ncc1F.N#C[C@@H]1CC[C@H](C(=O)NCC(F)F)N1c1nc(-c2c[nH]c3ncc(Cl)cc23)ncc1F.N#C[C@H]1CC[C@H](C(=O)NCC(F)(F)F)N1c1ccnc(-c2c[nH]c3ncc(Cl)cc23)n1. The van der Waals surface area contributed by atoms with Crippen molar-refractivity contribution >= 4 is 137 Å². The summed E-state index contributed by atoms with van der Waals surface area (Å²) < 4.78 is 167. The number of pyridine rings is 4. The van der Waals surface area contributed by atoms with E-state index in [0.29, 0.717) is 111 Å². The van der Waals surface area contributed by atoms with Crippen molar-refractivity contribution in [2.24, 2.45) is 0 Å². The highest BCUT2D eigenvalue weighted by molar-refractivity contribution is 6.32. The molecule has 8 N–H and O–H groups in total. The summed E-state index contributed by atoms with van der Waals surface area (Å²) in [5, 5.41) is 49.8. The van der Waals surface area contributed by atoms with Gasteiger partial charge in [0, 0.05) is 106 Å². The Kier molecular flexibility index (Phi) is 26.8. The van der Waals surface area contributed by atoms with Crippen LogP contribution < -0.4 is 40.9 Å². The maximum Gasteiger partial charge on any atom is 0.405 e. The third kappa shape index (κ3) is 20.5. The number of nitrogens with one attached hydrogen (secondary N) is 8. The van der Waals surface area contributed by atoms with Crippen molar-refractivity contribution in [2.75, 3.05) is 45.8 Å². The molecule has 8 atom stereocenters. The molecule has 4 fully saturated rings. The highest BCUT2D eigenvalue weighted by Crippen LogP contribution is 2.40. The number of halogens is 17. The minimum Gasteiger partial charge on any atom is -0.349 e. The minimum absolute atomic E-state index is 0.0628. The van der Waals surface area contributed by atoms with Crippen LogP contribution in [-0.4, -0.2) is 203 Å². The van der Waals surface area contributed by atoms with Crippen LogP contribution in [0.4, 0.5) is 80.3 Å². The molecule has 4 amide bonds. The van der Waals surface area contributed by atoms with Gasteiger partial charge in [-0.25, -0.2) is 77.4 Å². The number of nitriles is 4. The number of carbonyl (C=O) groups is 4. The fourth-order valence-corrected chi connectivity index (χ4v) is 15.1. The fraction of sp³-hybridized carbons (Fsp3) is 0.316. The molecule has 16 rings (SSSR count). The first-order chi connectivity index (χ1) is 59.6. The molecule has 32 nitrogen and oxygen atoms in total. The standard InChI is InChI=1S/C19H14ClF4N7O.3C19H15ClF3N7O/c20-9-3-11-12(6-27-15(11)26-5-9)16-28-7-13(21)17(30-16)31-10(4-25)1-2-14(31)18(32)29-8-19(22,23)24;20-9-3-11-12(6-26-16(11)25-5-9)17-27-7-13(21)18(29-17)30-10(4-24)1-2-14(30)19(31)28-8-15(22)23;2*20-10-5-12-13(8-27-16(12)26-7-10)17-25-4-3-15(29-17)30-11(6-24)1-2-14(30)18(31)28-9-19(21,22)23/h3,5-7,10,14H,1-2,8H2,(H,26,27)(H,29,32);3,5-7,10,14-15H,1-2,8H2,(H,25,26)(H,28,31);2*3-5,7-8,11,14H,1-2,9H2,(H,26,27)(H,28,31)/t2*10-,14+;11-,14+;11-,14-/m0001/s1. The second kappa shape index (κ2) is 37.6. The lowest BCUT2D eigenvalue weighted by Gasteiger charge is -2.28. The third-order valence-corrected chi connectivity index (χ3v) is 20.7. The second-order valence-electron chi connectivity index (χ2n) is 27.9. The summed E-state index contributed by atoms with van der Waals surface area (Å²) in [5.41, 5.74) is 4.33. The molecule has 12 aromatic rings. The molecule has 646 valence electrons. The number of hydrogen-bond acceptors (Lipinski definition) is 24. The van der Waals surface area contributed by atoms with Gasteiger partial charge in [0.1, 0.15) is 102 Å². The van der Waals surface area contributed by atoms with Crippen molar-refractivity contribution < 1.29 is 76.3 Å². The summed E-state index contributed by atoms with van der Waals surface area (Å²) in [6.45, 7) is -5.24. The molecule has 0 spiro atoms. The molecular formula is C76H59Cl4F13N28O4. The topological polar surface area (TPSA) is 442 Å². The molecule has 125 heavy (non-hydrogen) atoms. The predicted molar refractivity (Wildman–Crippen MR) is 424 cm³/mol. The first kappa shape index (κ1) is 89.1. The Morgan fingerprint density at radius 1 is 0.400 bits per heavy atom. The average molecular weight is 1820 g/mol. The van der Waals surface area contributed by atoms with Gasteiger partial charge in [-0.3, -0.25) is 19.2 Å². The van der Waals surface area contributed by atoms with Crippen LogP contribution in [0.3, 0.4) is 0 Å². The Morgan fingerprint density at radius 2 is 0.672 bits per heavy atom. The lowest BCUT2D eigenvalue weighted by Crippen LogP contribution is -2.48. The molecule has 49 heteroatoms. The monoisotopic (exact) mass is 1810 g/mol. The van der Waals surface area contributed by atoms with Crippen molar-refractivity contribution in [3.05, 3.63) is 142 Å². The molecule has 0 unspecified atom stereocenters. The van der Waals surface area contributed by atoms with E-state index in [-0.39, 0.29) is 73.4 Å². The molecule has 4 aliphatic rings. The van der Waals surface area contributed by atoms with Crippen LogP contribution in [0.2, 0.25) is 20.1 Å². The van der Waals surface area contributed by atoms with Crippen molar-refractivity contribution in [2.45, 2.75) is 125 Å². The normalized spacial score (nSPS) is 18.7. The minimum atomic E-state index is -4.61. The molecule has 4 aliphatic heterocycles. The Hall–Kier alpha value is -13.6. The lowest BCUT2D eigenvalue weighted by molar-refractivity contribution is -0.139. The number of anilines is 4. The van der Waals surface area contributed by atoms with E-state index in [1.165, 1.54) is 64.0 Å². The van der Waals surface area contributed by atoms with Gasteiger partial charge in [0.05, 0.1) is 63.3 Å². The maximum atomic E-state index is 14.7. The molecule has 12 aromatic heterocycles. The third-order valence-electron chi connectivity index (χ3n) is 19.9. The highest BCUT2D eigenvalue weighted by Gasteiger charge is 2.46. The lowest BCUT2D eigenvalue weighted by atomic mass is 10.2. The van der Waals surface area contributed by atoms with E-state index in [0.717, 1.165) is 17.3 Å². The van der Waals surface area contributed by atoms with Gasteiger partial charge in [-0.1, -0.05) is 46.4 Å². The van der Waals surface area contributed by atoms with Crippen molar-refractivity contribution in [3.8, 4) is 69.8 Å². The van der Waals surface area contributed by atoms with Crippen LogP contribution in [0.1, 0.15) is 51.4 Å². The van der Waals surface area contributed by atoms with E-state index in [4.69, 9.17) is 46.4 Å². The van der Waals surface area contributed by atoms with Crippen molar-refractivity contribution in [1.29, 1.82) is 21.0 Å². The zero-order chi connectivity index (χ0) is 89.5. The summed E-state index contributed by atoms with van der Waals surface area (Å²) in [6, 6.07) is 10.5. The average Bonchev–Trinajstić information content (AvgIpc) is 1.66. The number of carbonyl (C=O) groups excluding carboxylic acids is 4. The molecule has 16 heterocycles. The number of nitrogens with zero attached hydrogens (tertiary/aromatic N) is 20. The first-order valence-electron chi connectivity index (χ1n) is 37.1. The van der Waals surface area contributed by atoms with E-state index in [9.17, 15) is 97.3 Å². The number of aromatic amines is 4. The summed E-state index contributed by atoms with van der Waals surface area (Å²) >= 11 is 24.1. The van der Waals surface area contributed by atoms with Gasteiger partial charge >= 0.3 is 18.5 Å². The molecular weight excluding hydrogens is 1760 g/mol. The van der Waals surface area contributed by atoms with Crippen LogP contribution in [0.25, 0.3) is 89.7 Å². The molecule has 4 saturated heterocycles. The number of aromatic nitrogens is 16. The van der Waals surface area contributed by atoms with E-state index < -0.39 is 135 Å². The fourth-order valence-electron chi connectivity index (χ4n) is 14.5. The number of alkyl halides is 11. The van der Waals surface area contributed by atoms with E-state index in [1.807, 2.05) is 22.8 Å². The zero-order valence-electron chi connectivity index (χ0n) is 63.6. The number of fused-ring (bicyclic) bond motifs is 4. The summed E-state index contributed by atoms with van der Waals surface area (Å²) in [4.78, 5) is 117. The largest absolute Gasteiger partial charge is 0.405 e. The quantitative estimate of drug-likeness (QED) is 0.0392. The summed E-state index contributed by atoms with van der Waals surface area (Å²) in [7, 11) is 0. The number of H-pyrrole nitrogens is 4. The molecule has 0 bridgehead atoms. The van der Waals surface area contributed by atoms with E-state index in [2.05, 4.69) is 97.2 Å². The van der Waals surface area contributed by atoms with Gasteiger partial charge in [-0.05, 0) is 87.8 Å². The van der Waals surface area contributed by atoms with Crippen LogP contribution in [-0.2, 0) is 19.2 Å². The highest BCUT2D eigenvalue weighted by atomic mass is 35.5. The number of amides is 4. The molecule has 0 saturated carbocycles. The van der Waals surface area contributed by atoms with Gasteiger partial charge in [-0.2, -0.15) is 60.6 Å². The predicted octanol–water partition coefficient (Wildman–Crippen LogP) is 12.8. The zero-order valence-corrected chi connectivity index (χ0v) is 66.6. The molecule has 0 aliphatic carbocycles. The van der Waals surface area contributed by atoms with E-state index >= 15 is 0 Å². The van der Waals surface area contributed by atoms with Crippen LogP contribution >= 0.6 is 46.4 Å². The van der Waals surface area contributed by atoms with Gasteiger partial charge in [-0.15, -0.1) is 0 Å². The van der Waals surface area contributed by atoms with Crippen molar-refractivity contribution in [3.63, 3.8) is 0 Å². The first-order valence-corrected chi connectivity index (χ1v) is 38.7. The van der Waals surface area contributed by atoms with E-state index in [1.54, 1.807) is 54.4 Å². The van der Waals surface area contributed by atoms with Gasteiger partial charge in [0.25, 0.3) is 6.43 Å². The Morgan fingerprint density at radius 3 is 0.952 bits per heavy atom. The van der Waals surface area contributed by atoms with Gasteiger partial charge < -0.3 is 60.8 Å². The summed E-state index contributed by atoms with van der Waals surface area (Å²) in [6.07, 6.45) is 2.49.